The molecule has 0 fully saturated rings. The van der Waals surface area contributed by atoms with Gasteiger partial charge < -0.3 is 9.13 Å². The van der Waals surface area contributed by atoms with Crippen LogP contribution in [0.2, 0.25) is 0 Å². The van der Waals surface area contributed by atoms with E-state index in [1.807, 2.05) is 0 Å². The first-order chi connectivity index (χ1) is 19.5. The standard InChI is InChI=1S/C38H32N2/c1-25(2)20-27-16-18-33-31-12-5-7-14-35(31)39(37(33)22-27)29-10-9-11-30(24-29)40-36-15-8-6-13-32(36)34-19-17-28(21-26(3)4)23-38(34)40/h5-19,22-24H,1,3,20-21H2,2,4H3. The Balaban J connectivity index is 1.49. The van der Waals surface area contributed by atoms with Crippen molar-refractivity contribution < 1.29 is 0 Å². The Bertz CT molecular complexity index is 1970. The topological polar surface area (TPSA) is 9.86 Å². The van der Waals surface area contributed by atoms with Crippen LogP contribution in [0.25, 0.3) is 55.0 Å². The highest BCUT2D eigenvalue weighted by molar-refractivity contribution is 6.10. The summed E-state index contributed by atoms with van der Waals surface area (Å²) in [7, 11) is 0. The van der Waals surface area contributed by atoms with Crippen molar-refractivity contribution in [3.8, 4) is 11.4 Å². The molecule has 7 aromatic rings. The highest BCUT2D eigenvalue weighted by Crippen LogP contribution is 2.36. The number of fused-ring (bicyclic) bond motifs is 6. The zero-order chi connectivity index (χ0) is 27.4. The Morgan fingerprint density at radius 1 is 0.475 bits per heavy atom. The Labute approximate surface area is 235 Å². The van der Waals surface area contributed by atoms with E-state index < -0.39 is 0 Å². The fourth-order valence-corrected chi connectivity index (χ4v) is 6.28. The molecule has 2 heterocycles. The van der Waals surface area contributed by atoms with E-state index in [0.29, 0.717) is 0 Å². The summed E-state index contributed by atoms with van der Waals surface area (Å²) in [6.07, 6.45) is 1.76. The Morgan fingerprint density at radius 3 is 1.35 bits per heavy atom. The van der Waals surface area contributed by atoms with Crippen LogP contribution < -0.4 is 0 Å². The van der Waals surface area contributed by atoms with Crippen LogP contribution in [-0.2, 0) is 12.8 Å². The second-order valence-electron chi connectivity index (χ2n) is 11.2. The van der Waals surface area contributed by atoms with Crippen molar-refractivity contribution in [2.75, 3.05) is 0 Å². The van der Waals surface area contributed by atoms with Crippen LogP contribution in [0.3, 0.4) is 0 Å². The van der Waals surface area contributed by atoms with Gasteiger partial charge in [0.25, 0.3) is 0 Å². The molecule has 0 saturated carbocycles. The van der Waals surface area contributed by atoms with Crippen molar-refractivity contribution in [3.63, 3.8) is 0 Å². The third-order valence-corrected chi connectivity index (χ3v) is 7.83. The first-order valence-electron chi connectivity index (χ1n) is 13.9. The fraction of sp³-hybridized carbons (Fsp3) is 0.105. The molecular formula is C38H32N2. The molecule has 2 heteroatoms. The van der Waals surface area contributed by atoms with Gasteiger partial charge in [-0.3, -0.25) is 0 Å². The number of aromatic nitrogens is 2. The minimum Gasteiger partial charge on any atom is -0.309 e. The lowest BCUT2D eigenvalue weighted by molar-refractivity contribution is 1.12. The van der Waals surface area contributed by atoms with Gasteiger partial charge in [-0.15, -0.1) is 0 Å². The van der Waals surface area contributed by atoms with Crippen LogP contribution in [-0.4, -0.2) is 9.13 Å². The molecule has 0 radical (unpaired) electrons. The number of rotatable bonds is 6. The van der Waals surface area contributed by atoms with E-state index in [0.717, 1.165) is 24.2 Å². The van der Waals surface area contributed by atoms with E-state index in [-0.39, 0.29) is 0 Å². The maximum atomic E-state index is 4.15. The third-order valence-electron chi connectivity index (χ3n) is 7.83. The fourth-order valence-electron chi connectivity index (χ4n) is 6.28. The molecular weight excluding hydrogens is 484 g/mol. The largest absolute Gasteiger partial charge is 0.309 e. The summed E-state index contributed by atoms with van der Waals surface area (Å²) in [6, 6.07) is 40.1. The predicted molar refractivity (Wildman–Crippen MR) is 172 cm³/mol. The first kappa shape index (κ1) is 24.2. The molecule has 0 saturated heterocycles. The lowest BCUT2D eigenvalue weighted by Gasteiger charge is -2.13. The summed E-state index contributed by atoms with van der Waals surface area (Å²) in [4.78, 5) is 0. The van der Waals surface area contributed by atoms with Crippen molar-refractivity contribution in [2.45, 2.75) is 26.7 Å². The summed E-state index contributed by atoms with van der Waals surface area (Å²) in [6.45, 7) is 12.5. The van der Waals surface area contributed by atoms with E-state index in [1.54, 1.807) is 0 Å². The highest BCUT2D eigenvalue weighted by Gasteiger charge is 2.16. The lowest BCUT2D eigenvalue weighted by Crippen LogP contribution is -1.99. The van der Waals surface area contributed by atoms with E-state index in [2.05, 4.69) is 145 Å². The molecule has 40 heavy (non-hydrogen) atoms. The second-order valence-corrected chi connectivity index (χ2v) is 11.2. The Kier molecular flexibility index (Phi) is 5.71. The number of allylic oxidation sites excluding steroid dienone is 2. The number of para-hydroxylation sites is 2. The van der Waals surface area contributed by atoms with Crippen molar-refractivity contribution in [1.29, 1.82) is 0 Å². The van der Waals surface area contributed by atoms with Crippen LogP contribution in [0.5, 0.6) is 0 Å². The van der Waals surface area contributed by atoms with Gasteiger partial charge in [0, 0.05) is 32.9 Å². The molecule has 0 unspecified atom stereocenters. The van der Waals surface area contributed by atoms with Gasteiger partial charge in [0.15, 0.2) is 0 Å². The highest BCUT2D eigenvalue weighted by atomic mass is 15.0. The third kappa shape index (κ3) is 3.96. The minimum absolute atomic E-state index is 0.880. The molecule has 0 N–H and O–H groups in total. The van der Waals surface area contributed by atoms with Gasteiger partial charge in [-0.1, -0.05) is 91.0 Å². The minimum atomic E-state index is 0.880. The molecule has 0 aliphatic carbocycles. The molecule has 0 atom stereocenters. The maximum Gasteiger partial charge on any atom is 0.0543 e. The van der Waals surface area contributed by atoms with Crippen molar-refractivity contribution in [1.82, 2.24) is 9.13 Å². The second kappa shape index (κ2) is 9.43. The molecule has 0 aliphatic heterocycles. The maximum absolute atomic E-state index is 4.15. The van der Waals surface area contributed by atoms with E-state index in [1.165, 1.54) is 65.9 Å². The monoisotopic (exact) mass is 516 g/mol. The molecule has 2 nitrogen and oxygen atoms in total. The zero-order valence-electron chi connectivity index (χ0n) is 23.1. The Morgan fingerprint density at radius 2 is 0.900 bits per heavy atom. The number of benzene rings is 5. The number of nitrogens with zero attached hydrogens (tertiary/aromatic N) is 2. The summed E-state index contributed by atoms with van der Waals surface area (Å²) in [5.41, 5.74) is 12.1. The molecule has 2 aromatic heterocycles. The molecule has 0 spiro atoms. The molecule has 7 rings (SSSR count). The number of hydrogen-bond acceptors (Lipinski definition) is 0. The van der Waals surface area contributed by atoms with Crippen molar-refractivity contribution in [3.05, 3.63) is 145 Å². The van der Waals surface area contributed by atoms with E-state index >= 15 is 0 Å². The summed E-state index contributed by atoms with van der Waals surface area (Å²) >= 11 is 0. The molecule has 5 aromatic carbocycles. The van der Waals surface area contributed by atoms with Gasteiger partial charge in [0.2, 0.25) is 0 Å². The lowest BCUT2D eigenvalue weighted by atomic mass is 10.0. The quantitative estimate of drug-likeness (QED) is 0.195. The van der Waals surface area contributed by atoms with E-state index in [4.69, 9.17) is 0 Å². The van der Waals surface area contributed by atoms with Gasteiger partial charge >= 0.3 is 0 Å². The van der Waals surface area contributed by atoms with Crippen LogP contribution >= 0.6 is 0 Å². The normalized spacial score (nSPS) is 11.7. The van der Waals surface area contributed by atoms with Crippen LogP contribution in [0.4, 0.5) is 0 Å². The van der Waals surface area contributed by atoms with Gasteiger partial charge in [0.1, 0.15) is 0 Å². The van der Waals surface area contributed by atoms with Gasteiger partial charge in [0.05, 0.1) is 22.1 Å². The SMILES string of the molecule is C=C(C)Cc1ccc2c3ccccc3n(-c3cccc(-n4c5ccccc5c5ccc(CC(=C)C)cc54)c3)c2c1. The van der Waals surface area contributed by atoms with Crippen LogP contribution in [0, 0.1) is 0 Å². The van der Waals surface area contributed by atoms with Gasteiger partial charge in [-0.25, -0.2) is 0 Å². The number of hydrogen-bond donors (Lipinski definition) is 0. The molecule has 0 aliphatic rings. The molecule has 0 amide bonds. The Hall–Kier alpha value is -4.82. The molecule has 194 valence electrons. The summed E-state index contributed by atoms with van der Waals surface area (Å²) < 4.78 is 4.83. The smallest absolute Gasteiger partial charge is 0.0543 e. The van der Waals surface area contributed by atoms with Crippen LogP contribution in [0.1, 0.15) is 25.0 Å². The zero-order valence-corrected chi connectivity index (χ0v) is 23.1. The summed E-state index contributed by atoms with van der Waals surface area (Å²) in [5, 5.41) is 5.08. The van der Waals surface area contributed by atoms with Crippen molar-refractivity contribution >= 4 is 43.6 Å². The predicted octanol–water partition coefficient (Wildman–Crippen LogP) is 10.1. The van der Waals surface area contributed by atoms with Crippen LogP contribution in [0.15, 0.2) is 133 Å². The van der Waals surface area contributed by atoms with Gasteiger partial charge in [-0.2, -0.15) is 0 Å². The first-order valence-corrected chi connectivity index (χ1v) is 13.9. The molecule has 0 bridgehead atoms. The van der Waals surface area contributed by atoms with Crippen molar-refractivity contribution in [2.24, 2.45) is 0 Å². The summed E-state index contributed by atoms with van der Waals surface area (Å²) in [5.74, 6) is 0. The average Bonchev–Trinajstić information content (AvgIpc) is 3.44. The average molecular weight is 517 g/mol. The van der Waals surface area contributed by atoms with Gasteiger partial charge in [-0.05, 0) is 80.3 Å². The van der Waals surface area contributed by atoms with E-state index in [9.17, 15) is 0 Å².